The van der Waals surface area contributed by atoms with Crippen LogP contribution in [0.1, 0.15) is 43.7 Å². The average Bonchev–Trinajstić information content (AvgIpc) is 3.46. The minimum Gasteiger partial charge on any atom is -0.454 e. The Kier molecular flexibility index (Phi) is 11.5. The molecule has 1 aliphatic rings. The highest BCUT2D eigenvalue weighted by Gasteiger charge is 2.30. The van der Waals surface area contributed by atoms with Crippen molar-refractivity contribution in [3.05, 3.63) is 88.4 Å². The SMILES string of the molecule is CCCCNC(=O)C(Cc1ccccc1)N(Cc1ccc(Br)cc1)C(=O)CCCN(c1ccc2c(c1)OCO2)S(C)(=O)=O. The molecule has 230 valence electrons. The van der Waals surface area contributed by atoms with Crippen LogP contribution in [0.4, 0.5) is 5.69 Å². The summed E-state index contributed by atoms with van der Waals surface area (Å²) < 4.78 is 38.4. The van der Waals surface area contributed by atoms with Gasteiger partial charge in [0.2, 0.25) is 28.6 Å². The fourth-order valence-electron chi connectivity index (χ4n) is 4.89. The lowest BCUT2D eigenvalue weighted by Gasteiger charge is -2.32. The van der Waals surface area contributed by atoms with E-state index in [1.165, 1.54) is 4.31 Å². The Morgan fingerprint density at radius 2 is 1.67 bits per heavy atom. The maximum absolute atomic E-state index is 13.9. The van der Waals surface area contributed by atoms with Crippen LogP contribution in [0.5, 0.6) is 11.5 Å². The van der Waals surface area contributed by atoms with Crippen LogP contribution in [0, 0.1) is 0 Å². The van der Waals surface area contributed by atoms with E-state index in [1.807, 2.05) is 54.6 Å². The number of rotatable bonds is 15. The summed E-state index contributed by atoms with van der Waals surface area (Å²) in [6.45, 7) is 2.99. The van der Waals surface area contributed by atoms with Crippen LogP contribution in [0.25, 0.3) is 0 Å². The number of halogens is 1. The smallest absolute Gasteiger partial charge is 0.243 e. The van der Waals surface area contributed by atoms with Gasteiger partial charge in [-0.05, 0) is 48.2 Å². The zero-order chi connectivity index (χ0) is 30.8. The lowest BCUT2D eigenvalue weighted by molar-refractivity contribution is -0.141. The summed E-state index contributed by atoms with van der Waals surface area (Å²) in [5.74, 6) is 0.591. The van der Waals surface area contributed by atoms with Crippen LogP contribution in [-0.4, -0.2) is 57.3 Å². The average molecular weight is 673 g/mol. The molecule has 1 aliphatic heterocycles. The zero-order valence-electron chi connectivity index (χ0n) is 24.5. The number of sulfonamides is 1. The number of nitrogens with one attached hydrogen (secondary N) is 1. The molecular formula is C32H38BrN3O6S. The summed E-state index contributed by atoms with van der Waals surface area (Å²) in [5.41, 5.74) is 2.26. The molecular weight excluding hydrogens is 634 g/mol. The Balaban J connectivity index is 1.56. The first kappa shape index (κ1) is 32.3. The van der Waals surface area contributed by atoms with Gasteiger partial charge in [-0.1, -0.05) is 71.7 Å². The van der Waals surface area contributed by atoms with E-state index in [-0.39, 0.29) is 44.5 Å². The van der Waals surface area contributed by atoms with Crippen molar-refractivity contribution in [1.82, 2.24) is 10.2 Å². The lowest BCUT2D eigenvalue weighted by Crippen LogP contribution is -2.50. The number of unbranched alkanes of at least 4 members (excludes halogenated alkanes) is 1. The zero-order valence-corrected chi connectivity index (χ0v) is 26.9. The molecule has 1 N–H and O–H groups in total. The van der Waals surface area contributed by atoms with Gasteiger partial charge in [-0.2, -0.15) is 0 Å². The fraction of sp³-hybridized carbons (Fsp3) is 0.375. The Hall–Kier alpha value is -3.57. The van der Waals surface area contributed by atoms with Crippen molar-refractivity contribution in [2.24, 2.45) is 0 Å². The van der Waals surface area contributed by atoms with Crippen molar-refractivity contribution in [2.45, 2.75) is 51.6 Å². The summed E-state index contributed by atoms with van der Waals surface area (Å²) >= 11 is 3.46. The highest BCUT2D eigenvalue weighted by Crippen LogP contribution is 2.36. The number of carbonyl (C=O) groups is 2. The first-order chi connectivity index (χ1) is 20.7. The second-order valence-electron chi connectivity index (χ2n) is 10.5. The van der Waals surface area contributed by atoms with E-state index in [0.717, 1.165) is 34.7 Å². The Morgan fingerprint density at radius 3 is 2.37 bits per heavy atom. The number of anilines is 1. The van der Waals surface area contributed by atoms with E-state index in [2.05, 4.69) is 28.2 Å². The maximum atomic E-state index is 13.9. The van der Waals surface area contributed by atoms with Gasteiger partial charge in [0, 0.05) is 43.0 Å². The number of benzene rings is 3. The van der Waals surface area contributed by atoms with Gasteiger partial charge in [0.1, 0.15) is 6.04 Å². The summed E-state index contributed by atoms with van der Waals surface area (Å²) in [5, 5.41) is 3.02. The van der Waals surface area contributed by atoms with Gasteiger partial charge >= 0.3 is 0 Å². The molecule has 3 aromatic carbocycles. The number of fused-ring (bicyclic) bond motifs is 1. The van der Waals surface area contributed by atoms with Crippen LogP contribution in [-0.2, 0) is 32.6 Å². The molecule has 3 aromatic rings. The Labute approximate surface area is 262 Å². The molecule has 1 atom stereocenters. The first-order valence-corrected chi connectivity index (χ1v) is 17.0. The predicted molar refractivity (Wildman–Crippen MR) is 171 cm³/mol. The topological polar surface area (TPSA) is 105 Å². The first-order valence-electron chi connectivity index (χ1n) is 14.4. The highest BCUT2D eigenvalue weighted by atomic mass is 79.9. The molecule has 0 aliphatic carbocycles. The van der Waals surface area contributed by atoms with Crippen molar-refractivity contribution < 1.29 is 27.5 Å². The third-order valence-electron chi connectivity index (χ3n) is 7.16. The van der Waals surface area contributed by atoms with Gasteiger partial charge in [0.25, 0.3) is 0 Å². The number of ether oxygens (including phenoxy) is 2. The van der Waals surface area contributed by atoms with Crippen LogP contribution in [0.15, 0.2) is 77.3 Å². The molecule has 0 aromatic heterocycles. The second kappa shape index (κ2) is 15.2. The number of nitrogens with zero attached hydrogens (tertiary/aromatic N) is 2. The van der Waals surface area contributed by atoms with Gasteiger partial charge < -0.3 is 19.7 Å². The standard InChI is InChI=1S/C32H38BrN3O6S/c1-3-4-18-34-32(38)28(20-24-9-6-5-7-10-24)35(22-25-12-14-26(33)15-13-25)31(37)11-8-19-36(43(2,39)40)27-16-17-29-30(21-27)42-23-41-29/h5-7,9-10,12-17,21,28H,3-4,8,11,18-20,22-23H2,1-2H3,(H,34,38). The van der Waals surface area contributed by atoms with Gasteiger partial charge in [-0.15, -0.1) is 0 Å². The number of carbonyl (C=O) groups excluding carboxylic acids is 2. The van der Waals surface area contributed by atoms with Gasteiger partial charge in [-0.3, -0.25) is 13.9 Å². The van der Waals surface area contributed by atoms with E-state index < -0.39 is 16.1 Å². The van der Waals surface area contributed by atoms with E-state index in [1.54, 1.807) is 23.1 Å². The van der Waals surface area contributed by atoms with Crippen molar-refractivity contribution in [3.8, 4) is 11.5 Å². The van der Waals surface area contributed by atoms with E-state index in [0.29, 0.717) is 30.2 Å². The summed E-state index contributed by atoms with van der Waals surface area (Å²) in [6, 6.07) is 21.5. The molecule has 43 heavy (non-hydrogen) atoms. The monoisotopic (exact) mass is 671 g/mol. The van der Waals surface area contributed by atoms with Crippen molar-refractivity contribution in [1.29, 1.82) is 0 Å². The number of hydrogen-bond acceptors (Lipinski definition) is 6. The molecule has 0 bridgehead atoms. The Bertz CT molecular complexity index is 1480. The molecule has 1 heterocycles. The van der Waals surface area contributed by atoms with Crippen molar-refractivity contribution in [2.75, 3.05) is 30.4 Å². The number of amides is 2. The van der Waals surface area contributed by atoms with Gasteiger partial charge in [0.15, 0.2) is 11.5 Å². The molecule has 1 unspecified atom stereocenters. The normalized spacial score (nSPS) is 12.9. The van der Waals surface area contributed by atoms with Crippen LogP contribution in [0.3, 0.4) is 0 Å². The fourth-order valence-corrected chi connectivity index (χ4v) is 6.11. The molecule has 0 saturated heterocycles. The molecule has 9 nitrogen and oxygen atoms in total. The van der Waals surface area contributed by atoms with Crippen LogP contribution in [0.2, 0.25) is 0 Å². The predicted octanol–water partition coefficient (Wildman–Crippen LogP) is 5.28. The van der Waals surface area contributed by atoms with Crippen LogP contribution < -0.4 is 19.1 Å². The molecule has 0 saturated carbocycles. The minimum absolute atomic E-state index is 0.0562. The maximum Gasteiger partial charge on any atom is 0.243 e. The molecule has 0 spiro atoms. The molecule has 0 radical (unpaired) electrons. The highest BCUT2D eigenvalue weighted by molar-refractivity contribution is 9.10. The van der Waals surface area contributed by atoms with Crippen molar-refractivity contribution >= 4 is 43.5 Å². The molecule has 2 amide bonds. The largest absolute Gasteiger partial charge is 0.454 e. The third-order valence-corrected chi connectivity index (χ3v) is 8.89. The molecule has 11 heteroatoms. The molecule has 4 rings (SSSR count). The van der Waals surface area contributed by atoms with Gasteiger partial charge in [-0.25, -0.2) is 8.42 Å². The van der Waals surface area contributed by atoms with Crippen molar-refractivity contribution in [3.63, 3.8) is 0 Å². The quantitative estimate of drug-likeness (QED) is 0.221. The van der Waals surface area contributed by atoms with Gasteiger partial charge in [0.05, 0.1) is 11.9 Å². The molecule has 0 fully saturated rings. The third kappa shape index (κ3) is 9.21. The van der Waals surface area contributed by atoms with E-state index in [9.17, 15) is 18.0 Å². The summed E-state index contributed by atoms with van der Waals surface area (Å²) in [4.78, 5) is 29.1. The lowest BCUT2D eigenvalue weighted by atomic mass is 10.0. The summed E-state index contributed by atoms with van der Waals surface area (Å²) in [7, 11) is -3.65. The second-order valence-corrected chi connectivity index (χ2v) is 13.3. The number of hydrogen-bond donors (Lipinski definition) is 1. The van der Waals surface area contributed by atoms with Crippen LogP contribution >= 0.6 is 15.9 Å². The Morgan fingerprint density at radius 1 is 0.953 bits per heavy atom. The van der Waals surface area contributed by atoms with E-state index >= 15 is 0 Å². The van der Waals surface area contributed by atoms with E-state index in [4.69, 9.17) is 9.47 Å². The minimum atomic E-state index is -3.65. The summed E-state index contributed by atoms with van der Waals surface area (Å²) in [6.07, 6.45) is 3.58.